The summed E-state index contributed by atoms with van der Waals surface area (Å²) in [6.45, 7) is 7.62. The summed E-state index contributed by atoms with van der Waals surface area (Å²) < 4.78 is 30.4. The monoisotopic (exact) mass is 390 g/mol. The Balaban J connectivity index is 2.13. The fraction of sp³-hybridized carbons (Fsp3) is 0.350. The van der Waals surface area contributed by atoms with Crippen molar-refractivity contribution in [1.82, 2.24) is 0 Å². The van der Waals surface area contributed by atoms with Crippen LogP contribution in [-0.4, -0.2) is 33.7 Å². The van der Waals surface area contributed by atoms with E-state index < -0.39 is 16.1 Å². The van der Waals surface area contributed by atoms with Crippen LogP contribution in [0.2, 0.25) is 0 Å². The van der Waals surface area contributed by atoms with Crippen LogP contribution in [0.5, 0.6) is 5.75 Å². The Morgan fingerprint density at radius 2 is 1.81 bits per heavy atom. The molecule has 0 aliphatic carbocycles. The summed E-state index contributed by atoms with van der Waals surface area (Å²) in [5, 5.41) is 2.77. The molecule has 6 nitrogen and oxygen atoms in total. The lowest BCUT2D eigenvalue weighted by Gasteiger charge is -2.19. The molecule has 1 unspecified atom stereocenters. The molecule has 0 spiro atoms. The van der Waals surface area contributed by atoms with Crippen LogP contribution >= 0.6 is 0 Å². The number of carbonyl (C=O) groups is 1. The Labute approximate surface area is 161 Å². The van der Waals surface area contributed by atoms with Crippen molar-refractivity contribution in [2.45, 2.75) is 33.8 Å². The minimum Gasteiger partial charge on any atom is -0.481 e. The molecule has 7 heteroatoms. The number of hydrogen-bond donors (Lipinski definition) is 1. The zero-order chi connectivity index (χ0) is 20.4. The van der Waals surface area contributed by atoms with Crippen molar-refractivity contribution in [2.24, 2.45) is 0 Å². The van der Waals surface area contributed by atoms with Gasteiger partial charge in [0, 0.05) is 12.7 Å². The molecule has 0 fully saturated rings. The minimum absolute atomic E-state index is 0.312. The summed E-state index contributed by atoms with van der Waals surface area (Å²) in [7, 11) is -1.91. The quantitative estimate of drug-likeness (QED) is 0.820. The maximum absolute atomic E-state index is 12.5. The lowest BCUT2D eigenvalue weighted by molar-refractivity contribution is -0.122. The molecule has 27 heavy (non-hydrogen) atoms. The van der Waals surface area contributed by atoms with Crippen molar-refractivity contribution in [3.8, 4) is 5.75 Å². The van der Waals surface area contributed by atoms with Crippen LogP contribution in [0, 0.1) is 20.8 Å². The summed E-state index contributed by atoms with van der Waals surface area (Å²) in [5.41, 5.74) is 4.14. The highest BCUT2D eigenvalue weighted by atomic mass is 32.2. The number of sulfonamides is 1. The fourth-order valence-corrected chi connectivity index (χ4v) is 3.08. The van der Waals surface area contributed by atoms with Crippen molar-refractivity contribution in [2.75, 3.05) is 22.9 Å². The van der Waals surface area contributed by atoms with Crippen LogP contribution in [0.1, 0.15) is 23.6 Å². The lowest BCUT2D eigenvalue weighted by atomic mass is 10.1. The first-order chi connectivity index (χ1) is 12.5. The molecule has 2 aromatic carbocycles. The van der Waals surface area contributed by atoms with Crippen LogP contribution in [0.15, 0.2) is 36.4 Å². The Morgan fingerprint density at radius 1 is 1.15 bits per heavy atom. The summed E-state index contributed by atoms with van der Waals surface area (Å²) in [5.74, 6) is 0.369. The summed E-state index contributed by atoms with van der Waals surface area (Å²) >= 11 is 0. The number of rotatable bonds is 6. The van der Waals surface area contributed by atoms with Crippen LogP contribution < -0.4 is 14.4 Å². The number of aryl methyl sites for hydroxylation is 2. The van der Waals surface area contributed by atoms with Crippen LogP contribution in [0.3, 0.4) is 0 Å². The van der Waals surface area contributed by atoms with E-state index in [2.05, 4.69) is 11.4 Å². The molecule has 1 N–H and O–H groups in total. The van der Waals surface area contributed by atoms with Gasteiger partial charge in [0.05, 0.1) is 11.9 Å². The summed E-state index contributed by atoms with van der Waals surface area (Å²) in [6, 6.07) is 10.6. The van der Waals surface area contributed by atoms with Gasteiger partial charge in [-0.15, -0.1) is 0 Å². The van der Waals surface area contributed by atoms with Crippen molar-refractivity contribution >= 4 is 27.3 Å². The number of ether oxygens (including phenoxy) is 1. The van der Waals surface area contributed by atoms with E-state index in [1.54, 1.807) is 31.2 Å². The first kappa shape index (κ1) is 20.8. The van der Waals surface area contributed by atoms with Gasteiger partial charge in [0.25, 0.3) is 5.91 Å². The van der Waals surface area contributed by atoms with E-state index in [0.717, 1.165) is 27.3 Å². The standard InChI is InChI=1S/C20H26N2O4S/c1-13-10-14(2)15(3)19(11-13)26-16(4)20(23)21-17-8-7-9-18(12-17)22(5)27(6,24)25/h7-12,16H,1-6H3,(H,21,23). The second-order valence-electron chi connectivity index (χ2n) is 6.74. The molecule has 1 amide bonds. The molecule has 0 aliphatic rings. The molecule has 0 saturated heterocycles. The Kier molecular flexibility index (Phi) is 6.15. The molecule has 0 saturated carbocycles. The maximum Gasteiger partial charge on any atom is 0.265 e. The zero-order valence-electron chi connectivity index (χ0n) is 16.5. The SMILES string of the molecule is Cc1cc(C)c(C)c(OC(C)C(=O)Nc2cccc(N(C)S(C)(=O)=O)c2)c1. The summed E-state index contributed by atoms with van der Waals surface area (Å²) in [6.07, 6.45) is 0.418. The van der Waals surface area contributed by atoms with E-state index in [-0.39, 0.29) is 5.91 Å². The second kappa shape index (κ2) is 8.00. The van der Waals surface area contributed by atoms with E-state index >= 15 is 0 Å². The molecule has 0 heterocycles. The Hall–Kier alpha value is -2.54. The Morgan fingerprint density at radius 3 is 2.44 bits per heavy atom. The normalized spacial score (nSPS) is 12.4. The predicted molar refractivity (Wildman–Crippen MR) is 109 cm³/mol. The van der Waals surface area contributed by atoms with Crippen LogP contribution in [0.4, 0.5) is 11.4 Å². The number of carbonyl (C=O) groups excluding carboxylic acids is 1. The van der Waals surface area contributed by atoms with Gasteiger partial charge in [0.15, 0.2) is 6.10 Å². The third-order valence-electron chi connectivity index (χ3n) is 4.41. The topological polar surface area (TPSA) is 75.7 Å². The molecule has 1 atom stereocenters. The highest BCUT2D eigenvalue weighted by Gasteiger charge is 2.18. The molecule has 0 aromatic heterocycles. The number of nitrogens with zero attached hydrogens (tertiary/aromatic N) is 1. The van der Waals surface area contributed by atoms with E-state index in [1.165, 1.54) is 7.05 Å². The lowest BCUT2D eigenvalue weighted by Crippen LogP contribution is -2.30. The number of benzene rings is 2. The molecular formula is C20H26N2O4S. The predicted octanol–water partition coefficient (Wildman–Crippen LogP) is 3.41. The first-order valence-electron chi connectivity index (χ1n) is 8.58. The summed E-state index contributed by atoms with van der Waals surface area (Å²) in [4.78, 5) is 12.5. The van der Waals surface area contributed by atoms with Gasteiger partial charge in [0.1, 0.15) is 5.75 Å². The molecule has 0 radical (unpaired) electrons. The van der Waals surface area contributed by atoms with Crippen LogP contribution in [0.25, 0.3) is 0 Å². The third-order valence-corrected chi connectivity index (χ3v) is 5.62. The van der Waals surface area contributed by atoms with Crippen LogP contribution in [-0.2, 0) is 14.8 Å². The van der Waals surface area contributed by atoms with Gasteiger partial charge >= 0.3 is 0 Å². The van der Waals surface area contributed by atoms with Crippen molar-refractivity contribution in [3.63, 3.8) is 0 Å². The molecule has 2 rings (SSSR count). The molecule has 0 bridgehead atoms. The largest absolute Gasteiger partial charge is 0.481 e. The average molecular weight is 391 g/mol. The molecular weight excluding hydrogens is 364 g/mol. The van der Waals surface area contributed by atoms with Gasteiger partial charge in [-0.1, -0.05) is 12.1 Å². The second-order valence-corrected chi connectivity index (χ2v) is 8.75. The number of amides is 1. The van der Waals surface area contributed by atoms with Crippen molar-refractivity contribution in [3.05, 3.63) is 53.1 Å². The van der Waals surface area contributed by atoms with Gasteiger partial charge in [-0.2, -0.15) is 0 Å². The van der Waals surface area contributed by atoms with E-state index in [9.17, 15) is 13.2 Å². The first-order valence-corrected chi connectivity index (χ1v) is 10.4. The van der Waals surface area contributed by atoms with Crippen molar-refractivity contribution < 1.29 is 17.9 Å². The smallest absolute Gasteiger partial charge is 0.265 e. The van der Waals surface area contributed by atoms with E-state index in [0.29, 0.717) is 17.1 Å². The third kappa shape index (κ3) is 5.23. The number of hydrogen-bond acceptors (Lipinski definition) is 4. The highest BCUT2D eigenvalue weighted by Crippen LogP contribution is 2.25. The van der Waals surface area contributed by atoms with Gasteiger partial charge in [-0.3, -0.25) is 9.10 Å². The van der Waals surface area contributed by atoms with Gasteiger partial charge < -0.3 is 10.1 Å². The fourth-order valence-electron chi connectivity index (χ4n) is 2.58. The van der Waals surface area contributed by atoms with E-state index in [4.69, 9.17) is 4.74 Å². The minimum atomic E-state index is -3.38. The van der Waals surface area contributed by atoms with Gasteiger partial charge in [-0.25, -0.2) is 8.42 Å². The van der Waals surface area contributed by atoms with Crippen molar-refractivity contribution in [1.29, 1.82) is 0 Å². The molecule has 0 aliphatic heterocycles. The zero-order valence-corrected chi connectivity index (χ0v) is 17.3. The molecule has 146 valence electrons. The van der Waals surface area contributed by atoms with E-state index in [1.807, 2.05) is 26.8 Å². The molecule has 2 aromatic rings. The maximum atomic E-state index is 12.5. The highest BCUT2D eigenvalue weighted by molar-refractivity contribution is 7.92. The Bertz CT molecular complexity index is 954. The average Bonchev–Trinajstić information content (AvgIpc) is 2.57. The number of nitrogens with one attached hydrogen (secondary N) is 1. The number of anilines is 2. The van der Waals surface area contributed by atoms with Gasteiger partial charge in [0.2, 0.25) is 10.0 Å². The van der Waals surface area contributed by atoms with Gasteiger partial charge in [-0.05, 0) is 68.7 Å².